The molecule has 3 rings (SSSR count). The fourth-order valence-electron chi connectivity index (χ4n) is 2.14. The number of halogens is 1. The lowest BCUT2D eigenvalue weighted by atomic mass is 10.2. The highest BCUT2D eigenvalue weighted by Crippen LogP contribution is 2.15. The Morgan fingerprint density at radius 1 is 1.15 bits per heavy atom. The number of carbonyl (C=O) groups excluding carboxylic acids is 2. The highest BCUT2D eigenvalue weighted by Gasteiger charge is 2.06. The zero-order valence-corrected chi connectivity index (χ0v) is 14.4. The fourth-order valence-corrected chi connectivity index (χ4v) is 2.27. The average Bonchev–Trinajstić information content (AvgIpc) is 3.07. The van der Waals surface area contributed by atoms with E-state index in [2.05, 4.69) is 10.3 Å². The topological polar surface area (TPSA) is 81.4 Å². The molecule has 6 nitrogen and oxygen atoms in total. The summed E-state index contributed by atoms with van der Waals surface area (Å²) in [6, 6.07) is 14.3. The number of esters is 1. The van der Waals surface area contributed by atoms with Crippen molar-refractivity contribution >= 4 is 40.7 Å². The first-order valence-corrected chi connectivity index (χ1v) is 8.19. The molecular weight excluding hydrogens is 356 g/mol. The summed E-state index contributed by atoms with van der Waals surface area (Å²) < 4.78 is 10.3. The summed E-state index contributed by atoms with van der Waals surface area (Å²) in [4.78, 5) is 27.6. The van der Waals surface area contributed by atoms with Crippen LogP contribution in [0.2, 0.25) is 5.02 Å². The Hall–Kier alpha value is -3.12. The molecule has 0 aliphatic heterocycles. The Bertz CT molecular complexity index is 915. The maximum atomic E-state index is 11.7. The first kappa shape index (κ1) is 17.7. The summed E-state index contributed by atoms with van der Waals surface area (Å²) in [6.07, 6.45) is 2.56. The molecule has 1 heterocycles. The van der Waals surface area contributed by atoms with E-state index in [1.54, 1.807) is 36.4 Å². The molecule has 0 radical (unpaired) electrons. The van der Waals surface area contributed by atoms with Crippen LogP contribution in [-0.4, -0.2) is 23.5 Å². The predicted octanol–water partition coefficient (Wildman–Crippen LogP) is 3.35. The number of nitrogens with one attached hydrogen (secondary N) is 1. The van der Waals surface area contributed by atoms with E-state index in [0.717, 1.165) is 11.6 Å². The summed E-state index contributed by atoms with van der Waals surface area (Å²) in [7, 11) is 0. The van der Waals surface area contributed by atoms with Crippen molar-refractivity contribution in [2.24, 2.45) is 0 Å². The van der Waals surface area contributed by atoms with Gasteiger partial charge in [0.05, 0.1) is 0 Å². The van der Waals surface area contributed by atoms with E-state index in [-0.39, 0.29) is 12.5 Å². The summed E-state index contributed by atoms with van der Waals surface area (Å²) in [5, 5.41) is 3.28. The highest BCUT2D eigenvalue weighted by molar-refractivity contribution is 6.30. The fraction of sp³-hybridized carbons (Fsp3) is 0.105. The largest absolute Gasteiger partial charge is 0.452 e. The number of hydrogen-bond acceptors (Lipinski definition) is 5. The van der Waals surface area contributed by atoms with Crippen molar-refractivity contribution in [1.82, 2.24) is 10.3 Å². The molecule has 0 aliphatic carbocycles. The summed E-state index contributed by atoms with van der Waals surface area (Å²) in [6.45, 7) is -0.0450. The minimum absolute atomic E-state index is 0.287. The van der Waals surface area contributed by atoms with Crippen LogP contribution in [0.1, 0.15) is 11.5 Å². The molecule has 3 aromatic rings. The third-order valence-electron chi connectivity index (χ3n) is 3.42. The standard InChI is InChI=1S/C19H15ClN2O4/c20-14-7-5-13(6-8-14)11-21-17(23)12-25-19(24)10-9-18-22-15-3-1-2-4-16(15)26-18/h1-10H,11-12H2,(H,21,23)/b10-9+. The van der Waals surface area contributed by atoms with Crippen LogP contribution in [0.3, 0.4) is 0 Å². The number of benzene rings is 2. The van der Waals surface area contributed by atoms with Gasteiger partial charge in [0.25, 0.3) is 5.91 Å². The predicted molar refractivity (Wildman–Crippen MR) is 97.3 cm³/mol. The number of para-hydroxylation sites is 2. The normalized spacial score (nSPS) is 11.0. The lowest BCUT2D eigenvalue weighted by Gasteiger charge is -2.05. The maximum Gasteiger partial charge on any atom is 0.331 e. The smallest absolute Gasteiger partial charge is 0.331 e. The van der Waals surface area contributed by atoms with Crippen molar-refractivity contribution in [3.8, 4) is 0 Å². The molecule has 0 saturated heterocycles. The molecule has 1 amide bonds. The highest BCUT2D eigenvalue weighted by atomic mass is 35.5. The van der Waals surface area contributed by atoms with Crippen molar-refractivity contribution < 1.29 is 18.7 Å². The molecule has 0 unspecified atom stereocenters. The van der Waals surface area contributed by atoms with Gasteiger partial charge in [0.2, 0.25) is 5.89 Å². The molecule has 2 aromatic carbocycles. The van der Waals surface area contributed by atoms with Crippen LogP contribution in [0.4, 0.5) is 0 Å². The number of ether oxygens (including phenoxy) is 1. The van der Waals surface area contributed by atoms with Gasteiger partial charge in [-0.2, -0.15) is 0 Å². The lowest BCUT2D eigenvalue weighted by molar-refractivity contribution is -0.143. The number of amides is 1. The molecule has 132 valence electrons. The van der Waals surface area contributed by atoms with Crippen LogP contribution in [0.5, 0.6) is 0 Å². The molecule has 7 heteroatoms. The molecule has 26 heavy (non-hydrogen) atoms. The molecule has 1 N–H and O–H groups in total. The molecule has 0 bridgehead atoms. The van der Waals surface area contributed by atoms with Crippen molar-refractivity contribution in [3.63, 3.8) is 0 Å². The Kier molecular flexibility index (Phi) is 5.66. The van der Waals surface area contributed by atoms with Crippen LogP contribution in [0.25, 0.3) is 17.2 Å². The second-order valence-corrected chi connectivity index (χ2v) is 5.80. The lowest BCUT2D eigenvalue weighted by Crippen LogP contribution is -2.28. The Morgan fingerprint density at radius 3 is 2.69 bits per heavy atom. The molecular formula is C19H15ClN2O4. The summed E-state index contributed by atoms with van der Waals surface area (Å²) >= 11 is 5.79. The van der Waals surface area contributed by atoms with Crippen LogP contribution in [0.15, 0.2) is 59.0 Å². The van der Waals surface area contributed by atoms with Gasteiger partial charge >= 0.3 is 5.97 Å². The Labute approximate surface area is 154 Å². The second-order valence-electron chi connectivity index (χ2n) is 5.36. The van der Waals surface area contributed by atoms with E-state index in [0.29, 0.717) is 22.7 Å². The Balaban J connectivity index is 1.44. The van der Waals surface area contributed by atoms with Gasteiger partial charge in [-0.25, -0.2) is 9.78 Å². The van der Waals surface area contributed by atoms with Crippen molar-refractivity contribution in [1.29, 1.82) is 0 Å². The molecule has 0 saturated carbocycles. The van der Waals surface area contributed by atoms with Gasteiger partial charge < -0.3 is 14.5 Å². The van der Waals surface area contributed by atoms with Gasteiger partial charge in [-0.3, -0.25) is 4.79 Å². The minimum Gasteiger partial charge on any atom is -0.452 e. The summed E-state index contributed by atoms with van der Waals surface area (Å²) in [5.41, 5.74) is 2.22. The molecule has 0 aliphatic rings. The van der Waals surface area contributed by atoms with Gasteiger partial charge in [-0.15, -0.1) is 0 Å². The van der Waals surface area contributed by atoms with Crippen LogP contribution < -0.4 is 5.32 Å². The summed E-state index contributed by atoms with van der Waals surface area (Å²) in [5.74, 6) is -0.771. The zero-order valence-electron chi connectivity index (χ0n) is 13.6. The second kappa shape index (κ2) is 8.31. The van der Waals surface area contributed by atoms with E-state index < -0.39 is 11.9 Å². The van der Waals surface area contributed by atoms with Gasteiger partial charge in [-0.1, -0.05) is 35.9 Å². The third-order valence-corrected chi connectivity index (χ3v) is 3.67. The van der Waals surface area contributed by atoms with Crippen LogP contribution in [-0.2, 0) is 20.9 Å². The van der Waals surface area contributed by atoms with Gasteiger partial charge in [0.15, 0.2) is 12.2 Å². The molecule has 0 fully saturated rings. The van der Waals surface area contributed by atoms with Crippen LogP contribution >= 0.6 is 11.6 Å². The van der Waals surface area contributed by atoms with Crippen molar-refractivity contribution in [2.45, 2.75) is 6.54 Å². The number of rotatable bonds is 6. The number of carbonyl (C=O) groups is 2. The molecule has 0 spiro atoms. The number of fused-ring (bicyclic) bond motifs is 1. The Morgan fingerprint density at radius 2 is 1.92 bits per heavy atom. The number of nitrogens with zero attached hydrogens (tertiary/aromatic N) is 1. The van der Waals surface area contributed by atoms with Gasteiger partial charge in [-0.05, 0) is 29.8 Å². The van der Waals surface area contributed by atoms with E-state index in [1.165, 1.54) is 6.08 Å². The monoisotopic (exact) mass is 370 g/mol. The van der Waals surface area contributed by atoms with E-state index in [1.807, 2.05) is 12.1 Å². The first-order valence-electron chi connectivity index (χ1n) is 7.82. The van der Waals surface area contributed by atoms with Crippen molar-refractivity contribution in [3.05, 3.63) is 71.1 Å². The molecule has 1 aromatic heterocycles. The van der Waals surface area contributed by atoms with Crippen molar-refractivity contribution in [2.75, 3.05) is 6.61 Å². The van der Waals surface area contributed by atoms with E-state index in [9.17, 15) is 9.59 Å². The van der Waals surface area contributed by atoms with Crippen LogP contribution in [0, 0.1) is 0 Å². The van der Waals surface area contributed by atoms with E-state index >= 15 is 0 Å². The minimum atomic E-state index is -0.658. The van der Waals surface area contributed by atoms with Gasteiger partial charge in [0.1, 0.15) is 5.52 Å². The first-order chi connectivity index (χ1) is 12.6. The zero-order chi connectivity index (χ0) is 18.4. The van der Waals surface area contributed by atoms with E-state index in [4.69, 9.17) is 20.8 Å². The third kappa shape index (κ3) is 4.94. The average molecular weight is 371 g/mol. The number of hydrogen-bond donors (Lipinski definition) is 1. The number of oxazole rings is 1. The quantitative estimate of drug-likeness (QED) is 0.531. The number of aromatic nitrogens is 1. The SMILES string of the molecule is O=C(COC(=O)/C=C/c1nc2ccccc2o1)NCc1ccc(Cl)cc1. The molecule has 0 atom stereocenters. The van der Waals surface area contributed by atoms with Gasteiger partial charge in [0, 0.05) is 23.7 Å². The maximum absolute atomic E-state index is 11.7.